The minimum absolute atomic E-state index is 0.0113. The van der Waals surface area contributed by atoms with E-state index >= 15 is 0 Å². The zero-order valence-corrected chi connectivity index (χ0v) is 21.6. The fourth-order valence-electron chi connectivity index (χ4n) is 4.77. The molecule has 0 radical (unpaired) electrons. The number of nitrogens with one attached hydrogen (secondary N) is 1. The summed E-state index contributed by atoms with van der Waals surface area (Å²) in [5, 5.41) is 2.91. The van der Waals surface area contributed by atoms with E-state index in [1.807, 2.05) is 6.92 Å². The summed E-state index contributed by atoms with van der Waals surface area (Å²) in [6.45, 7) is 2.85. The lowest BCUT2D eigenvalue weighted by atomic mass is 9.96. The van der Waals surface area contributed by atoms with Crippen LogP contribution in [0, 0.1) is 11.6 Å². The SMILES string of the molecule is CO[C@@H]1CSc2c(-c3ccc(F)cc3F)c(C(F)(F)F)cc3c(OC(=O)N4CCNC(C)C4)nc(=O)n(c23)C1. The van der Waals surface area contributed by atoms with Crippen molar-refractivity contribution in [1.29, 1.82) is 0 Å². The molecule has 1 fully saturated rings. The maximum Gasteiger partial charge on any atom is 0.417 e. The second kappa shape index (κ2) is 10.4. The number of nitrogens with zero attached hydrogens (tertiary/aromatic N) is 3. The highest BCUT2D eigenvalue weighted by Crippen LogP contribution is 2.48. The van der Waals surface area contributed by atoms with E-state index in [9.17, 15) is 31.5 Å². The Labute approximate surface area is 223 Å². The summed E-state index contributed by atoms with van der Waals surface area (Å²) in [7, 11) is 1.39. The summed E-state index contributed by atoms with van der Waals surface area (Å²) in [5.41, 5.74) is -3.19. The predicted octanol–water partition coefficient (Wildman–Crippen LogP) is 4.27. The highest BCUT2D eigenvalue weighted by atomic mass is 32.2. The first-order valence-electron chi connectivity index (χ1n) is 12.0. The van der Waals surface area contributed by atoms with Crippen LogP contribution in [0.3, 0.4) is 0 Å². The average molecular weight is 571 g/mol. The van der Waals surface area contributed by atoms with Crippen LogP contribution in [0.5, 0.6) is 5.88 Å². The number of amides is 1. The first-order valence-corrected chi connectivity index (χ1v) is 13.0. The molecule has 1 N–H and O–H groups in total. The van der Waals surface area contributed by atoms with Gasteiger partial charge in [-0.15, -0.1) is 11.8 Å². The van der Waals surface area contributed by atoms with Gasteiger partial charge in [-0.05, 0) is 25.1 Å². The molecular weight excluding hydrogens is 547 g/mol. The molecular formula is C25H23F5N4O4S. The van der Waals surface area contributed by atoms with Gasteiger partial charge in [-0.2, -0.15) is 18.2 Å². The predicted molar refractivity (Wildman–Crippen MR) is 133 cm³/mol. The highest BCUT2D eigenvalue weighted by molar-refractivity contribution is 7.99. The lowest BCUT2D eigenvalue weighted by Gasteiger charge is -2.31. The Kier molecular flexibility index (Phi) is 7.29. The van der Waals surface area contributed by atoms with E-state index in [0.29, 0.717) is 18.7 Å². The van der Waals surface area contributed by atoms with Crippen molar-refractivity contribution in [2.24, 2.45) is 0 Å². The van der Waals surface area contributed by atoms with E-state index < -0.39 is 58.3 Å². The maximum atomic E-state index is 14.9. The third kappa shape index (κ3) is 5.20. The smallest absolute Gasteiger partial charge is 0.390 e. The number of halogens is 5. The molecule has 5 rings (SSSR count). The van der Waals surface area contributed by atoms with Gasteiger partial charge in [-0.25, -0.2) is 18.4 Å². The van der Waals surface area contributed by atoms with Gasteiger partial charge in [0.25, 0.3) is 0 Å². The van der Waals surface area contributed by atoms with Gasteiger partial charge in [-0.1, -0.05) is 0 Å². The molecule has 14 heteroatoms. The summed E-state index contributed by atoms with van der Waals surface area (Å²) in [4.78, 5) is 31.2. The minimum atomic E-state index is -5.00. The Morgan fingerprint density at radius 1 is 1.21 bits per heavy atom. The number of aromatic nitrogens is 2. The van der Waals surface area contributed by atoms with E-state index in [0.717, 1.165) is 28.5 Å². The first-order chi connectivity index (χ1) is 18.5. The topological polar surface area (TPSA) is 85.7 Å². The van der Waals surface area contributed by atoms with E-state index in [-0.39, 0.29) is 47.2 Å². The number of piperazine rings is 1. The fourth-order valence-corrected chi connectivity index (χ4v) is 6.09. The van der Waals surface area contributed by atoms with Crippen LogP contribution >= 0.6 is 11.8 Å². The van der Waals surface area contributed by atoms with E-state index in [2.05, 4.69) is 10.3 Å². The molecule has 39 heavy (non-hydrogen) atoms. The molecule has 2 atom stereocenters. The van der Waals surface area contributed by atoms with Crippen molar-refractivity contribution >= 4 is 28.8 Å². The van der Waals surface area contributed by atoms with Gasteiger partial charge in [-0.3, -0.25) is 4.57 Å². The van der Waals surface area contributed by atoms with Crippen LogP contribution < -0.4 is 15.7 Å². The number of ether oxygens (including phenoxy) is 2. The summed E-state index contributed by atoms with van der Waals surface area (Å²) < 4.78 is 84.1. The fraction of sp³-hybridized carbons (Fsp3) is 0.400. The maximum absolute atomic E-state index is 14.9. The van der Waals surface area contributed by atoms with E-state index in [1.54, 1.807) is 0 Å². The molecule has 2 aliphatic rings. The number of benzene rings is 2. The second-order valence-electron chi connectivity index (χ2n) is 9.29. The number of carbonyl (C=O) groups is 1. The summed E-state index contributed by atoms with van der Waals surface area (Å²) in [6, 6.07) is 2.92. The van der Waals surface area contributed by atoms with Crippen LogP contribution in [0.25, 0.3) is 22.0 Å². The third-order valence-electron chi connectivity index (χ3n) is 6.63. The lowest BCUT2D eigenvalue weighted by molar-refractivity contribution is -0.137. The monoisotopic (exact) mass is 570 g/mol. The average Bonchev–Trinajstić information content (AvgIpc) is 3.07. The lowest BCUT2D eigenvalue weighted by Crippen LogP contribution is -2.52. The highest BCUT2D eigenvalue weighted by Gasteiger charge is 2.39. The molecule has 1 amide bonds. The van der Waals surface area contributed by atoms with Crippen LogP contribution in [0.1, 0.15) is 12.5 Å². The number of rotatable bonds is 3. The number of hydrogen-bond donors (Lipinski definition) is 1. The zero-order chi connectivity index (χ0) is 28.1. The summed E-state index contributed by atoms with van der Waals surface area (Å²) in [5.74, 6) is -2.62. The Morgan fingerprint density at radius 3 is 2.64 bits per heavy atom. The van der Waals surface area contributed by atoms with Crippen LogP contribution in [-0.4, -0.2) is 65.2 Å². The first kappa shape index (κ1) is 27.3. The van der Waals surface area contributed by atoms with Gasteiger partial charge in [0.1, 0.15) is 11.6 Å². The van der Waals surface area contributed by atoms with Crippen molar-refractivity contribution in [3.63, 3.8) is 0 Å². The molecule has 0 bridgehead atoms. The molecule has 3 heterocycles. The largest absolute Gasteiger partial charge is 0.417 e. The molecule has 1 saturated heterocycles. The second-order valence-corrected chi connectivity index (χ2v) is 10.3. The van der Waals surface area contributed by atoms with Crippen LogP contribution in [0.4, 0.5) is 26.7 Å². The number of alkyl halides is 3. The third-order valence-corrected chi connectivity index (χ3v) is 7.86. The van der Waals surface area contributed by atoms with Gasteiger partial charge in [0.05, 0.1) is 29.1 Å². The zero-order valence-electron chi connectivity index (χ0n) is 20.8. The normalized spacial score (nSPS) is 19.7. The van der Waals surface area contributed by atoms with Crippen molar-refractivity contribution in [1.82, 2.24) is 19.8 Å². The number of carbonyl (C=O) groups excluding carboxylic acids is 1. The van der Waals surface area contributed by atoms with Crippen LogP contribution in [0.2, 0.25) is 0 Å². The van der Waals surface area contributed by atoms with Crippen molar-refractivity contribution in [3.05, 3.63) is 51.9 Å². The van der Waals surface area contributed by atoms with Crippen molar-refractivity contribution < 1.29 is 36.2 Å². The van der Waals surface area contributed by atoms with Gasteiger partial charge in [0.2, 0.25) is 5.88 Å². The molecule has 2 aliphatic heterocycles. The quantitative estimate of drug-likeness (QED) is 0.471. The van der Waals surface area contributed by atoms with E-state index in [4.69, 9.17) is 9.47 Å². The van der Waals surface area contributed by atoms with Crippen molar-refractivity contribution in [2.75, 3.05) is 32.5 Å². The van der Waals surface area contributed by atoms with Gasteiger partial charge < -0.3 is 19.7 Å². The summed E-state index contributed by atoms with van der Waals surface area (Å²) >= 11 is 0.932. The van der Waals surface area contributed by atoms with Crippen molar-refractivity contribution in [3.8, 4) is 17.0 Å². The Morgan fingerprint density at radius 2 is 1.97 bits per heavy atom. The molecule has 0 spiro atoms. The molecule has 1 aromatic heterocycles. The Bertz CT molecular complexity index is 1510. The standard InChI is InChI=1S/C25H23F5N4O4S/c1-12-9-33(6-5-31-12)24(36)38-22-16-8-17(25(28,29)30)19(15-4-3-13(26)7-18(15)27)21-20(16)34(23(35)32-22)10-14(37-2)11-39-21/h3-4,7-8,12,14,31H,5-6,9-11H2,1-2H3/t12?,14-/m0/s1. The van der Waals surface area contributed by atoms with E-state index in [1.165, 1.54) is 12.0 Å². The molecule has 208 valence electrons. The van der Waals surface area contributed by atoms with Gasteiger partial charge in [0, 0.05) is 60.6 Å². The van der Waals surface area contributed by atoms with Crippen molar-refractivity contribution in [2.45, 2.75) is 36.7 Å². The molecule has 3 aromatic rings. The molecule has 1 unspecified atom stereocenters. The molecule has 0 saturated carbocycles. The Hall–Kier alpha value is -3.23. The molecule has 0 aliphatic carbocycles. The molecule has 8 nitrogen and oxygen atoms in total. The minimum Gasteiger partial charge on any atom is -0.390 e. The summed E-state index contributed by atoms with van der Waals surface area (Å²) in [6.07, 6.45) is -6.46. The number of thioether (sulfide) groups is 1. The number of hydrogen-bond acceptors (Lipinski definition) is 7. The van der Waals surface area contributed by atoms with Gasteiger partial charge in [0.15, 0.2) is 0 Å². The van der Waals surface area contributed by atoms with Crippen LogP contribution in [-0.2, 0) is 17.5 Å². The number of methoxy groups -OCH3 is 1. The Balaban J connectivity index is 1.80. The van der Waals surface area contributed by atoms with Gasteiger partial charge >= 0.3 is 18.0 Å². The van der Waals surface area contributed by atoms with Crippen LogP contribution in [0.15, 0.2) is 34.0 Å². The molecule has 2 aromatic carbocycles.